The van der Waals surface area contributed by atoms with Crippen LogP contribution in [0.2, 0.25) is 0 Å². The minimum Gasteiger partial charge on any atom is -0.497 e. The molecule has 8 heteroatoms. The number of rotatable bonds is 7. The number of aryl methyl sites for hydroxylation is 1. The molecule has 0 saturated heterocycles. The average Bonchev–Trinajstić information content (AvgIpc) is 3.22. The molecule has 3 rings (SSSR count). The van der Waals surface area contributed by atoms with Crippen LogP contribution in [-0.4, -0.2) is 40.2 Å². The summed E-state index contributed by atoms with van der Waals surface area (Å²) in [6.07, 6.45) is 2.50. The Balaban J connectivity index is 1.58. The van der Waals surface area contributed by atoms with Crippen LogP contribution in [-0.2, 0) is 22.6 Å². The first-order valence-corrected chi connectivity index (χ1v) is 10.1. The lowest BCUT2D eigenvalue weighted by Crippen LogP contribution is -2.36. The summed E-state index contributed by atoms with van der Waals surface area (Å²) >= 11 is 0. The molecule has 0 radical (unpaired) electrons. The van der Waals surface area contributed by atoms with E-state index in [4.69, 9.17) is 4.74 Å². The van der Waals surface area contributed by atoms with Crippen LogP contribution in [0.1, 0.15) is 30.8 Å². The number of nitrogens with one attached hydrogen (secondary N) is 3. The van der Waals surface area contributed by atoms with Crippen LogP contribution in [0.4, 0.5) is 5.69 Å². The van der Waals surface area contributed by atoms with E-state index in [0.29, 0.717) is 30.3 Å². The molecule has 30 heavy (non-hydrogen) atoms. The summed E-state index contributed by atoms with van der Waals surface area (Å²) < 4.78 is 7.14. The summed E-state index contributed by atoms with van der Waals surface area (Å²) in [6, 6.07) is 5.80. The highest BCUT2D eigenvalue weighted by Gasteiger charge is 2.19. The Morgan fingerprint density at radius 2 is 2.00 bits per heavy atom. The minimum absolute atomic E-state index is 0.348. The van der Waals surface area contributed by atoms with Crippen LogP contribution in [0.5, 0.6) is 5.75 Å². The van der Waals surface area contributed by atoms with Gasteiger partial charge in [-0.3, -0.25) is 14.3 Å². The van der Waals surface area contributed by atoms with Crippen LogP contribution in [0.15, 0.2) is 24.4 Å². The van der Waals surface area contributed by atoms with E-state index in [0.717, 1.165) is 34.5 Å². The minimum atomic E-state index is -0.689. The zero-order valence-electron chi connectivity index (χ0n) is 18.1. The molecule has 0 saturated carbocycles. The number of nitrogens with zero attached hydrogens (tertiary/aromatic N) is 2. The summed E-state index contributed by atoms with van der Waals surface area (Å²) in [6.45, 7) is 9.02. The second-order valence-electron chi connectivity index (χ2n) is 7.81. The number of anilines is 1. The molecule has 2 aromatic heterocycles. The smallest absolute Gasteiger partial charge is 0.313 e. The lowest BCUT2D eigenvalue weighted by molar-refractivity contribution is -0.136. The molecule has 2 amide bonds. The predicted octanol–water partition coefficient (Wildman–Crippen LogP) is 2.94. The molecule has 160 valence electrons. The highest BCUT2D eigenvalue weighted by molar-refractivity contribution is 6.39. The Hall–Kier alpha value is -3.29. The number of aromatic amines is 1. The molecule has 2 heterocycles. The molecule has 0 aliphatic carbocycles. The predicted molar refractivity (Wildman–Crippen MR) is 117 cm³/mol. The second-order valence-corrected chi connectivity index (χ2v) is 7.81. The highest BCUT2D eigenvalue weighted by atomic mass is 16.5. The second kappa shape index (κ2) is 9.02. The van der Waals surface area contributed by atoms with Crippen molar-refractivity contribution in [2.45, 2.75) is 40.7 Å². The summed E-state index contributed by atoms with van der Waals surface area (Å²) in [5, 5.41) is 10.9. The summed E-state index contributed by atoms with van der Waals surface area (Å²) in [5.74, 6) is -0.149. The zero-order chi connectivity index (χ0) is 21.8. The van der Waals surface area contributed by atoms with E-state index < -0.39 is 11.8 Å². The van der Waals surface area contributed by atoms with Gasteiger partial charge >= 0.3 is 11.8 Å². The highest BCUT2D eigenvalue weighted by Crippen LogP contribution is 2.24. The quantitative estimate of drug-likeness (QED) is 0.520. The van der Waals surface area contributed by atoms with Crippen molar-refractivity contribution >= 4 is 28.4 Å². The topological polar surface area (TPSA) is 101 Å². The van der Waals surface area contributed by atoms with Crippen LogP contribution >= 0.6 is 0 Å². The lowest BCUT2D eigenvalue weighted by atomic mass is 10.1. The van der Waals surface area contributed by atoms with Gasteiger partial charge in [-0.15, -0.1) is 0 Å². The molecule has 0 aliphatic heterocycles. The van der Waals surface area contributed by atoms with Crippen molar-refractivity contribution in [1.82, 2.24) is 20.1 Å². The molecule has 0 atom stereocenters. The van der Waals surface area contributed by atoms with E-state index in [9.17, 15) is 9.59 Å². The monoisotopic (exact) mass is 411 g/mol. The third-order valence-electron chi connectivity index (χ3n) is 5.02. The van der Waals surface area contributed by atoms with Gasteiger partial charge in [-0.2, -0.15) is 5.10 Å². The normalized spacial score (nSPS) is 11.1. The Morgan fingerprint density at radius 3 is 2.70 bits per heavy atom. The van der Waals surface area contributed by atoms with Gasteiger partial charge in [0.15, 0.2) is 0 Å². The summed E-state index contributed by atoms with van der Waals surface area (Å²) in [4.78, 5) is 27.8. The zero-order valence-corrected chi connectivity index (χ0v) is 18.1. The van der Waals surface area contributed by atoms with E-state index in [-0.39, 0.29) is 0 Å². The van der Waals surface area contributed by atoms with Crippen molar-refractivity contribution < 1.29 is 14.3 Å². The first kappa shape index (κ1) is 21.4. The Morgan fingerprint density at radius 1 is 1.23 bits per heavy atom. The molecule has 3 aromatic rings. The van der Waals surface area contributed by atoms with E-state index in [1.165, 1.54) is 0 Å². The van der Waals surface area contributed by atoms with Crippen LogP contribution in [0.25, 0.3) is 10.9 Å². The maximum Gasteiger partial charge on any atom is 0.313 e. The number of carbonyl (C=O) groups excluding carboxylic acids is 2. The fraction of sp³-hybridized carbons (Fsp3) is 0.409. The average molecular weight is 412 g/mol. The number of fused-ring (bicyclic) bond motifs is 1. The van der Waals surface area contributed by atoms with Crippen molar-refractivity contribution in [1.29, 1.82) is 0 Å². The number of aromatic nitrogens is 3. The molecule has 0 spiro atoms. The van der Waals surface area contributed by atoms with E-state index in [1.807, 2.05) is 42.9 Å². The van der Waals surface area contributed by atoms with Gasteiger partial charge in [0.05, 0.1) is 24.2 Å². The Bertz CT molecular complexity index is 1060. The molecule has 0 bridgehead atoms. The number of benzene rings is 1. The number of amides is 2. The molecular formula is C22H29N5O3. The molecule has 0 aliphatic rings. The Kier molecular flexibility index (Phi) is 6.44. The van der Waals surface area contributed by atoms with Crippen molar-refractivity contribution in [3.8, 4) is 5.75 Å². The van der Waals surface area contributed by atoms with E-state index >= 15 is 0 Å². The maximum atomic E-state index is 12.4. The molecule has 3 N–H and O–H groups in total. The van der Waals surface area contributed by atoms with Gasteiger partial charge in [-0.05, 0) is 49.9 Å². The first-order valence-electron chi connectivity index (χ1n) is 10.1. The number of carbonyl (C=O) groups is 2. The van der Waals surface area contributed by atoms with Crippen molar-refractivity contribution in [2.75, 3.05) is 19.0 Å². The first-order chi connectivity index (χ1) is 14.3. The van der Waals surface area contributed by atoms with Gasteiger partial charge in [0, 0.05) is 30.2 Å². The van der Waals surface area contributed by atoms with Gasteiger partial charge in [-0.1, -0.05) is 13.8 Å². The molecule has 0 fully saturated rings. The number of ether oxygens (including phenoxy) is 1. The van der Waals surface area contributed by atoms with Gasteiger partial charge in [-0.25, -0.2) is 0 Å². The van der Waals surface area contributed by atoms with E-state index in [1.54, 1.807) is 7.11 Å². The number of hydrogen-bond donors (Lipinski definition) is 3. The number of H-pyrrole nitrogens is 1. The SMILES string of the molecule is COc1ccc2[nH]cc(CCNC(=O)C(=O)Nc3c(C)nn(CC(C)C)c3C)c2c1. The van der Waals surface area contributed by atoms with Gasteiger partial charge in [0.25, 0.3) is 0 Å². The summed E-state index contributed by atoms with van der Waals surface area (Å²) in [7, 11) is 1.63. The fourth-order valence-corrected chi connectivity index (χ4v) is 3.45. The standard InChI is InChI=1S/C22H29N5O3/c1-13(2)12-27-15(4)20(14(3)26-27)25-22(29)21(28)23-9-8-16-11-24-19-7-6-17(30-5)10-18(16)19/h6-7,10-11,13,24H,8-9,12H2,1-5H3,(H,23,28)(H,25,29). The van der Waals surface area contributed by atoms with Crippen molar-refractivity contribution in [3.05, 3.63) is 41.3 Å². The molecular weight excluding hydrogens is 382 g/mol. The molecule has 8 nitrogen and oxygen atoms in total. The molecule has 0 unspecified atom stereocenters. The number of methoxy groups -OCH3 is 1. The summed E-state index contributed by atoms with van der Waals surface area (Å²) in [5.41, 5.74) is 4.18. The fourth-order valence-electron chi connectivity index (χ4n) is 3.45. The van der Waals surface area contributed by atoms with Gasteiger partial charge in [0.1, 0.15) is 5.75 Å². The third kappa shape index (κ3) is 4.64. The van der Waals surface area contributed by atoms with Crippen LogP contribution in [0.3, 0.4) is 0 Å². The maximum absolute atomic E-state index is 12.4. The van der Waals surface area contributed by atoms with Crippen molar-refractivity contribution in [2.24, 2.45) is 5.92 Å². The third-order valence-corrected chi connectivity index (χ3v) is 5.02. The van der Waals surface area contributed by atoms with Gasteiger partial charge < -0.3 is 20.4 Å². The number of hydrogen-bond acceptors (Lipinski definition) is 4. The lowest BCUT2D eigenvalue weighted by Gasteiger charge is -2.09. The van der Waals surface area contributed by atoms with Crippen LogP contribution in [0, 0.1) is 19.8 Å². The van der Waals surface area contributed by atoms with Crippen molar-refractivity contribution in [3.63, 3.8) is 0 Å². The van der Waals surface area contributed by atoms with E-state index in [2.05, 4.69) is 34.6 Å². The van der Waals surface area contributed by atoms with Gasteiger partial charge in [0.2, 0.25) is 0 Å². The molecule has 1 aromatic carbocycles. The van der Waals surface area contributed by atoms with Crippen LogP contribution < -0.4 is 15.4 Å². The Labute approximate surface area is 176 Å². The largest absolute Gasteiger partial charge is 0.497 e.